The van der Waals surface area contributed by atoms with E-state index in [0.717, 1.165) is 12.8 Å². The summed E-state index contributed by atoms with van der Waals surface area (Å²) < 4.78 is 4.90. The monoisotopic (exact) mass is 352 g/mol. The number of ether oxygens (including phenoxy) is 1. The van der Waals surface area contributed by atoms with Gasteiger partial charge in [0.25, 0.3) is 0 Å². The molecule has 1 aromatic rings. The minimum absolute atomic E-state index is 0.0157. The highest BCUT2D eigenvalue weighted by atomic mass is 32.1. The summed E-state index contributed by atoms with van der Waals surface area (Å²) in [5, 5.41) is 5.22. The molecule has 24 heavy (non-hydrogen) atoms. The van der Waals surface area contributed by atoms with Crippen LogP contribution in [0.25, 0.3) is 0 Å². The smallest absolute Gasteiger partial charge is 0.311 e. The van der Waals surface area contributed by atoms with Crippen molar-refractivity contribution in [1.82, 2.24) is 4.98 Å². The fraction of sp³-hybridized carbons (Fsp3) is 0.722. The number of thiazole rings is 1. The highest BCUT2D eigenvalue weighted by Crippen LogP contribution is 2.42. The lowest BCUT2D eigenvalue weighted by molar-refractivity contribution is -0.142. The fourth-order valence-corrected chi connectivity index (χ4v) is 4.66. The zero-order chi connectivity index (χ0) is 17.7. The van der Waals surface area contributed by atoms with Crippen molar-refractivity contribution in [2.24, 2.45) is 17.3 Å². The predicted molar refractivity (Wildman–Crippen MR) is 96.0 cm³/mol. The third kappa shape index (κ3) is 5.89. The summed E-state index contributed by atoms with van der Waals surface area (Å²) in [5.74, 6) is 0.825. The van der Waals surface area contributed by atoms with Crippen molar-refractivity contribution in [3.63, 3.8) is 0 Å². The molecule has 2 atom stereocenters. The van der Waals surface area contributed by atoms with E-state index in [1.54, 1.807) is 12.3 Å². The van der Waals surface area contributed by atoms with Crippen LogP contribution in [0.15, 0.2) is 5.38 Å². The van der Waals surface area contributed by atoms with Gasteiger partial charge < -0.3 is 10.1 Å². The first kappa shape index (κ1) is 18.9. The van der Waals surface area contributed by atoms with Crippen LogP contribution >= 0.6 is 11.3 Å². The van der Waals surface area contributed by atoms with Crippen LogP contribution < -0.4 is 5.32 Å². The predicted octanol–water partition coefficient (Wildman–Crippen LogP) is 4.04. The third-order valence-electron chi connectivity index (χ3n) is 4.38. The molecule has 1 amide bonds. The topological polar surface area (TPSA) is 68.3 Å². The lowest BCUT2D eigenvalue weighted by Crippen LogP contribution is -2.30. The van der Waals surface area contributed by atoms with Crippen LogP contribution in [0.3, 0.4) is 0 Å². The maximum atomic E-state index is 12.3. The third-order valence-corrected chi connectivity index (χ3v) is 5.19. The Morgan fingerprint density at radius 3 is 2.83 bits per heavy atom. The highest BCUT2D eigenvalue weighted by Gasteiger charge is 2.32. The molecule has 0 bridgehead atoms. The summed E-state index contributed by atoms with van der Waals surface area (Å²) in [6, 6.07) is 0. The molecular weight excluding hydrogens is 324 g/mol. The van der Waals surface area contributed by atoms with E-state index in [2.05, 4.69) is 31.1 Å². The van der Waals surface area contributed by atoms with Gasteiger partial charge in [0.05, 0.1) is 18.7 Å². The number of nitrogens with one attached hydrogen (secondary N) is 1. The summed E-state index contributed by atoms with van der Waals surface area (Å²) in [4.78, 5) is 28.0. The van der Waals surface area contributed by atoms with Crippen LogP contribution in [-0.4, -0.2) is 23.5 Å². The van der Waals surface area contributed by atoms with Crippen LogP contribution in [0.1, 0.15) is 59.1 Å². The van der Waals surface area contributed by atoms with Crippen molar-refractivity contribution >= 4 is 28.3 Å². The maximum Gasteiger partial charge on any atom is 0.311 e. The molecule has 0 spiro atoms. The molecule has 5 nitrogen and oxygen atoms in total. The summed E-state index contributed by atoms with van der Waals surface area (Å²) in [5.41, 5.74) is 0.956. The first-order valence-electron chi connectivity index (χ1n) is 8.67. The molecule has 0 saturated heterocycles. The standard InChI is InChI=1S/C18H28N2O3S/c1-5-23-16(22)8-14-11-24-17(19-14)20-15(21)7-13-6-12(2)9-18(3,4)10-13/h11-13H,5-10H2,1-4H3,(H,19,20,21). The van der Waals surface area contributed by atoms with Crippen molar-refractivity contribution < 1.29 is 14.3 Å². The second-order valence-corrected chi connectivity index (χ2v) is 8.52. The molecular formula is C18H28N2O3S. The van der Waals surface area contributed by atoms with Gasteiger partial charge in [-0.25, -0.2) is 4.98 Å². The molecule has 1 aromatic heterocycles. The van der Waals surface area contributed by atoms with Crippen molar-refractivity contribution in [2.75, 3.05) is 11.9 Å². The summed E-state index contributed by atoms with van der Waals surface area (Å²) in [6.45, 7) is 8.99. The Morgan fingerprint density at radius 2 is 2.17 bits per heavy atom. The molecule has 2 rings (SSSR count). The number of anilines is 1. The van der Waals surface area contributed by atoms with Gasteiger partial charge in [0.15, 0.2) is 5.13 Å². The second-order valence-electron chi connectivity index (χ2n) is 7.66. The van der Waals surface area contributed by atoms with Gasteiger partial charge in [0.1, 0.15) is 0 Å². The molecule has 1 saturated carbocycles. The molecule has 6 heteroatoms. The Balaban J connectivity index is 1.84. The largest absolute Gasteiger partial charge is 0.466 e. The average molecular weight is 353 g/mol. The van der Waals surface area contributed by atoms with E-state index in [9.17, 15) is 9.59 Å². The number of rotatable bonds is 6. The van der Waals surface area contributed by atoms with E-state index in [1.807, 2.05) is 0 Å². The number of aromatic nitrogens is 1. The van der Waals surface area contributed by atoms with E-state index in [1.165, 1.54) is 17.8 Å². The SMILES string of the molecule is CCOC(=O)Cc1csc(NC(=O)CC2CC(C)CC(C)(C)C2)n1. The van der Waals surface area contributed by atoms with Gasteiger partial charge in [0, 0.05) is 11.8 Å². The molecule has 1 N–H and O–H groups in total. The van der Waals surface area contributed by atoms with Gasteiger partial charge in [0.2, 0.25) is 5.91 Å². The number of hydrogen-bond donors (Lipinski definition) is 1. The van der Waals surface area contributed by atoms with Crippen LogP contribution in [0.2, 0.25) is 0 Å². The summed E-state index contributed by atoms with van der Waals surface area (Å²) in [7, 11) is 0. The van der Waals surface area contributed by atoms with Crippen LogP contribution in [0.4, 0.5) is 5.13 Å². The van der Waals surface area contributed by atoms with E-state index in [-0.39, 0.29) is 18.3 Å². The molecule has 1 heterocycles. The molecule has 1 aliphatic carbocycles. The zero-order valence-electron chi connectivity index (χ0n) is 15.1. The van der Waals surface area contributed by atoms with Gasteiger partial charge in [-0.1, -0.05) is 20.8 Å². The maximum absolute atomic E-state index is 12.3. The Hall–Kier alpha value is -1.43. The number of nitrogens with zero attached hydrogens (tertiary/aromatic N) is 1. The number of carbonyl (C=O) groups is 2. The Bertz CT molecular complexity index is 583. The van der Waals surface area contributed by atoms with Crippen molar-refractivity contribution in [1.29, 1.82) is 0 Å². The van der Waals surface area contributed by atoms with Gasteiger partial charge in [-0.3, -0.25) is 9.59 Å². The van der Waals surface area contributed by atoms with Crippen molar-refractivity contribution in [3.05, 3.63) is 11.1 Å². The number of amides is 1. The zero-order valence-corrected chi connectivity index (χ0v) is 15.9. The van der Waals surface area contributed by atoms with Crippen molar-refractivity contribution in [2.45, 2.75) is 59.8 Å². The molecule has 0 aromatic carbocycles. The fourth-order valence-electron chi connectivity index (χ4n) is 3.94. The van der Waals surface area contributed by atoms with Crippen LogP contribution in [-0.2, 0) is 20.7 Å². The number of carbonyl (C=O) groups excluding carboxylic acids is 2. The lowest BCUT2D eigenvalue weighted by atomic mass is 9.67. The van der Waals surface area contributed by atoms with Gasteiger partial charge >= 0.3 is 5.97 Å². The molecule has 0 radical (unpaired) electrons. The van der Waals surface area contributed by atoms with E-state index < -0.39 is 0 Å². The first-order valence-corrected chi connectivity index (χ1v) is 9.55. The number of hydrogen-bond acceptors (Lipinski definition) is 5. The first-order chi connectivity index (χ1) is 11.3. The molecule has 1 fully saturated rings. The van der Waals surface area contributed by atoms with E-state index in [0.29, 0.717) is 41.1 Å². The van der Waals surface area contributed by atoms with Crippen molar-refractivity contribution in [3.8, 4) is 0 Å². The molecule has 1 aliphatic rings. The van der Waals surface area contributed by atoms with Crippen LogP contribution in [0.5, 0.6) is 0 Å². The molecule has 134 valence electrons. The molecule has 2 unspecified atom stereocenters. The quantitative estimate of drug-likeness (QED) is 0.785. The summed E-state index contributed by atoms with van der Waals surface area (Å²) in [6.07, 6.45) is 4.13. The highest BCUT2D eigenvalue weighted by molar-refractivity contribution is 7.13. The van der Waals surface area contributed by atoms with Crippen LogP contribution in [0, 0.1) is 17.3 Å². The lowest BCUT2D eigenvalue weighted by Gasteiger charge is -2.38. The second kappa shape index (κ2) is 8.10. The average Bonchev–Trinajstić information content (AvgIpc) is 2.83. The minimum atomic E-state index is -0.292. The van der Waals surface area contributed by atoms with E-state index in [4.69, 9.17) is 4.74 Å². The Kier molecular flexibility index (Phi) is 6.38. The van der Waals surface area contributed by atoms with E-state index >= 15 is 0 Å². The minimum Gasteiger partial charge on any atom is -0.466 e. The Labute approximate surface area is 148 Å². The van der Waals surface area contributed by atoms with Gasteiger partial charge in [-0.05, 0) is 43.4 Å². The molecule has 0 aliphatic heterocycles. The van der Waals surface area contributed by atoms with Gasteiger partial charge in [-0.15, -0.1) is 11.3 Å². The summed E-state index contributed by atoms with van der Waals surface area (Å²) >= 11 is 1.35. The Morgan fingerprint density at radius 1 is 1.42 bits per heavy atom. The normalized spacial score (nSPS) is 22.8. The number of esters is 1. The van der Waals surface area contributed by atoms with Gasteiger partial charge in [-0.2, -0.15) is 0 Å².